The maximum absolute atomic E-state index is 11.8. The molecule has 1 atom stereocenters. The summed E-state index contributed by atoms with van der Waals surface area (Å²) in [5, 5.41) is 1.25. The quantitative estimate of drug-likeness (QED) is 0.269. The van der Waals surface area contributed by atoms with Crippen LogP contribution >= 0.6 is 0 Å². The van der Waals surface area contributed by atoms with Crippen molar-refractivity contribution in [1.82, 2.24) is 4.57 Å². The van der Waals surface area contributed by atoms with Gasteiger partial charge in [-0.2, -0.15) is 0 Å². The molecule has 0 spiro atoms. The number of para-hydroxylation sites is 1. The van der Waals surface area contributed by atoms with Gasteiger partial charge in [-0.15, -0.1) is 0 Å². The minimum absolute atomic E-state index is 0.264. The third-order valence-corrected chi connectivity index (χ3v) is 5.34. The van der Waals surface area contributed by atoms with E-state index >= 15 is 0 Å². The van der Waals surface area contributed by atoms with Crippen LogP contribution in [-0.4, -0.2) is 22.2 Å². The molecule has 0 radical (unpaired) electrons. The van der Waals surface area contributed by atoms with E-state index in [0.29, 0.717) is 17.9 Å². The predicted molar refractivity (Wildman–Crippen MR) is 132 cm³/mol. The van der Waals surface area contributed by atoms with Gasteiger partial charge in [0.25, 0.3) is 0 Å². The van der Waals surface area contributed by atoms with Crippen molar-refractivity contribution < 1.29 is 14.3 Å². The van der Waals surface area contributed by atoms with E-state index in [-0.39, 0.29) is 12.1 Å². The first kappa shape index (κ1) is 23.6. The Bertz CT molecular complexity index is 1090. The van der Waals surface area contributed by atoms with Crippen molar-refractivity contribution in [3.8, 4) is 17.0 Å². The molecule has 0 bridgehead atoms. The molecule has 1 aromatic heterocycles. The standard InChI is InChI=1S/C28H35NO3/c1-19(2)18-29-25-11-9-8-10-23(25)16-26(29)22-12-14-24(15-13-22)32-28(6,7)17-21(5)31-27(30)20(3)4/h8-16,19,21H,3,17-18H2,1-2,4-7H3. The van der Waals surface area contributed by atoms with Gasteiger partial charge in [-0.25, -0.2) is 4.79 Å². The van der Waals surface area contributed by atoms with Gasteiger partial charge in [0, 0.05) is 35.1 Å². The fraction of sp³-hybridized carbons (Fsp3) is 0.393. The van der Waals surface area contributed by atoms with Crippen LogP contribution < -0.4 is 4.74 Å². The Morgan fingerprint density at radius 2 is 1.72 bits per heavy atom. The van der Waals surface area contributed by atoms with Gasteiger partial charge in [-0.05, 0) is 75.6 Å². The van der Waals surface area contributed by atoms with Gasteiger partial charge >= 0.3 is 5.97 Å². The molecule has 1 unspecified atom stereocenters. The molecule has 0 saturated heterocycles. The monoisotopic (exact) mass is 433 g/mol. The largest absolute Gasteiger partial charge is 0.488 e. The third-order valence-electron chi connectivity index (χ3n) is 5.34. The van der Waals surface area contributed by atoms with Gasteiger partial charge in [0.2, 0.25) is 0 Å². The number of carbonyl (C=O) groups is 1. The second-order valence-electron chi connectivity index (χ2n) is 9.68. The Hall–Kier alpha value is -3.01. The highest BCUT2D eigenvalue weighted by Crippen LogP contribution is 2.31. The number of carbonyl (C=O) groups excluding carboxylic acids is 1. The second kappa shape index (κ2) is 9.64. The van der Waals surface area contributed by atoms with Crippen molar-refractivity contribution in [3.05, 3.63) is 66.7 Å². The molecule has 170 valence electrons. The number of rotatable bonds is 9. The van der Waals surface area contributed by atoms with Crippen molar-refractivity contribution in [2.75, 3.05) is 0 Å². The van der Waals surface area contributed by atoms with Crippen molar-refractivity contribution in [3.63, 3.8) is 0 Å². The molecular weight excluding hydrogens is 398 g/mol. The van der Waals surface area contributed by atoms with Crippen LogP contribution in [0, 0.1) is 5.92 Å². The maximum atomic E-state index is 11.8. The minimum Gasteiger partial charge on any atom is -0.488 e. The highest BCUT2D eigenvalue weighted by atomic mass is 16.5. The van der Waals surface area contributed by atoms with Crippen molar-refractivity contribution >= 4 is 16.9 Å². The van der Waals surface area contributed by atoms with Gasteiger partial charge in [-0.3, -0.25) is 0 Å². The van der Waals surface area contributed by atoms with E-state index in [1.165, 1.54) is 16.6 Å². The van der Waals surface area contributed by atoms with Crippen LogP contribution in [0.4, 0.5) is 0 Å². The average molecular weight is 434 g/mol. The maximum Gasteiger partial charge on any atom is 0.333 e. The highest BCUT2D eigenvalue weighted by Gasteiger charge is 2.25. The number of esters is 1. The Morgan fingerprint density at radius 1 is 1.06 bits per heavy atom. The number of hydrogen-bond acceptors (Lipinski definition) is 3. The summed E-state index contributed by atoms with van der Waals surface area (Å²) in [6.45, 7) is 16.6. The summed E-state index contributed by atoms with van der Waals surface area (Å²) < 4.78 is 14.1. The van der Waals surface area contributed by atoms with Gasteiger partial charge in [0.15, 0.2) is 0 Å². The average Bonchev–Trinajstić information content (AvgIpc) is 3.05. The summed E-state index contributed by atoms with van der Waals surface area (Å²) in [5.41, 5.74) is 3.56. The van der Waals surface area contributed by atoms with Crippen LogP contribution in [-0.2, 0) is 16.1 Å². The minimum atomic E-state index is -0.483. The Kier molecular flexibility index (Phi) is 7.12. The molecule has 0 fully saturated rings. The molecule has 0 aliphatic rings. The van der Waals surface area contributed by atoms with E-state index in [0.717, 1.165) is 17.9 Å². The molecule has 0 aliphatic heterocycles. The van der Waals surface area contributed by atoms with Crippen LogP contribution in [0.15, 0.2) is 66.7 Å². The number of aromatic nitrogens is 1. The Labute approximate surface area is 191 Å². The van der Waals surface area contributed by atoms with Gasteiger partial charge < -0.3 is 14.0 Å². The topological polar surface area (TPSA) is 40.5 Å². The lowest BCUT2D eigenvalue weighted by Crippen LogP contribution is -2.34. The lowest BCUT2D eigenvalue weighted by molar-refractivity contribution is -0.145. The van der Waals surface area contributed by atoms with E-state index in [1.807, 2.05) is 32.9 Å². The highest BCUT2D eigenvalue weighted by molar-refractivity contribution is 5.87. The number of nitrogens with zero attached hydrogens (tertiary/aromatic N) is 1. The number of fused-ring (bicyclic) bond motifs is 1. The number of benzene rings is 2. The molecule has 3 rings (SSSR count). The summed E-state index contributed by atoms with van der Waals surface area (Å²) in [5.74, 6) is 0.979. The van der Waals surface area contributed by atoms with Crippen molar-refractivity contribution in [2.45, 2.75) is 66.2 Å². The zero-order valence-corrected chi connectivity index (χ0v) is 20.1. The molecular formula is C28H35NO3. The van der Waals surface area contributed by atoms with Crippen LogP contribution in [0.5, 0.6) is 5.75 Å². The molecule has 0 amide bonds. The summed E-state index contributed by atoms with van der Waals surface area (Å²) in [6.07, 6.45) is 0.316. The molecule has 0 N–H and O–H groups in total. The zero-order valence-electron chi connectivity index (χ0n) is 20.1. The normalized spacial score (nSPS) is 12.7. The summed E-state index contributed by atoms with van der Waals surface area (Å²) in [4.78, 5) is 11.8. The first-order chi connectivity index (χ1) is 15.1. The fourth-order valence-electron chi connectivity index (χ4n) is 4.08. The van der Waals surface area contributed by atoms with Crippen LogP contribution in [0.2, 0.25) is 0 Å². The molecule has 2 aromatic carbocycles. The van der Waals surface area contributed by atoms with E-state index in [1.54, 1.807) is 6.92 Å². The first-order valence-electron chi connectivity index (χ1n) is 11.3. The molecule has 3 aromatic rings. The van der Waals surface area contributed by atoms with Gasteiger partial charge in [-0.1, -0.05) is 38.6 Å². The Morgan fingerprint density at radius 3 is 2.34 bits per heavy atom. The van der Waals surface area contributed by atoms with E-state index in [2.05, 4.69) is 67.5 Å². The molecule has 4 nitrogen and oxygen atoms in total. The fourth-order valence-corrected chi connectivity index (χ4v) is 4.08. The van der Waals surface area contributed by atoms with Crippen molar-refractivity contribution in [1.29, 1.82) is 0 Å². The summed E-state index contributed by atoms with van der Waals surface area (Å²) >= 11 is 0. The molecule has 1 heterocycles. The Balaban J connectivity index is 1.77. The van der Waals surface area contributed by atoms with Gasteiger partial charge in [0.05, 0.1) is 0 Å². The third kappa shape index (κ3) is 5.82. The zero-order chi connectivity index (χ0) is 23.5. The lowest BCUT2D eigenvalue weighted by atomic mass is 10.0. The van der Waals surface area contributed by atoms with E-state index in [9.17, 15) is 4.79 Å². The second-order valence-corrected chi connectivity index (χ2v) is 9.68. The van der Waals surface area contributed by atoms with Crippen LogP contribution in [0.25, 0.3) is 22.2 Å². The van der Waals surface area contributed by atoms with Crippen LogP contribution in [0.3, 0.4) is 0 Å². The number of ether oxygens (including phenoxy) is 2. The summed E-state index contributed by atoms with van der Waals surface area (Å²) in [6, 6.07) is 19.0. The predicted octanol–water partition coefficient (Wildman–Crippen LogP) is 7.02. The van der Waals surface area contributed by atoms with E-state index in [4.69, 9.17) is 9.47 Å². The summed E-state index contributed by atoms with van der Waals surface area (Å²) in [7, 11) is 0. The molecule has 0 aliphatic carbocycles. The molecule has 0 saturated carbocycles. The van der Waals surface area contributed by atoms with Gasteiger partial charge in [0.1, 0.15) is 17.5 Å². The lowest BCUT2D eigenvalue weighted by Gasteiger charge is -2.29. The van der Waals surface area contributed by atoms with Crippen molar-refractivity contribution in [2.24, 2.45) is 5.92 Å². The van der Waals surface area contributed by atoms with Crippen LogP contribution in [0.1, 0.15) is 48.0 Å². The number of hydrogen-bond donors (Lipinski definition) is 0. The molecule has 4 heteroatoms. The smallest absolute Gasteiger partial charge is 0.333 e. The SMILES string of the molecule is C=C(C)C(=O)OC(C)CC(C)(C)Oc1ccc(-c2cc3ccccc3n2CC(C)C)cc1. The molecule has 32 heavy (non-hydrogen) atoms. The first-order valence-corrected chi connectivity index (χ1v) is 11.3. The van der Waals surface area contributed by atoms with E-state index < -0.39 is 5.60 Å².